The lowest BCUT2D eigenvalue weighted by Gasteiger charge is -2.41. The number of piperidine rings is 1. The van der Waals surface area contributed by atoms with Crippen LogP contribution in [0.1, 0.15) is 23.7 Å². The Kier molecular flexibility index (Phi) is 4.32. The topological polar surface area (TPSA) is 39.3 Å². The molecule has 5 heterocycles. The van der Waals surface area contributed by atoms with Crippen LogP contribution in [0.25, 0.3) is 20.5 Å². The highest BCUT2D eigenvalue weighted by Crippen LogP contribution is 2.40. The van der Waals surface area contributed by atoms with Gasteiger partial charge in [0, 0.05) is 51.5 Å². The standard InChI is InChI=1S/C25H23N3OS/c29-24-9-8-21(23-12-18-5-1-2-7-22(18)30-23)25-19-11-17(14-28(24)25)13-27(15-19)16-20-6-3-4-10-26-20/h1-10,12,17,19H,11,13-16H2/p+1/t17-,19+/m0/s1. The lowest BCUT2D eigenvalue weighted by molar-refractivity contribution is -0.924. The normalized spacial score (nSPS) is 22.7. The molecule has 0 aliphatic carbocycles. The Morgan fingerprint density at radius 3 is 2.83 bits per heavy atom. The predicted octanol–water partition coefficient (Wildman–Crippen LogP) is 3.33. The van der Waals surface area contributed by atoms with E-state index in [1.54, 1.807) is 11.0 Å². The summed E-state index contributed by atoms with van der Waals surface area (Å²) in [6, 6.07) is 20.8. The molecule has 0 spiro atoms. The number of thiophene rings is 1. The van der Waals surface area contributed by atoms with E-state index in [-0.39, 0.29) is 5.56 Å². The van der Waals surface area contributed by atoms with Crippen molar-refractivity contribution in [3.8, 4) is 10.4 Å². The zero-order valence-corrected chi connectivity index (χ0v) is 17.6. The van der Waals surface area contributed by atoms with Crippen LogP contribution in [-0.4, -0.2) is 22.6 Å². The summed E-state index contributed by atoms with van der Waals surface area (Å²) >= 11 is 1.83. The van der Waals surface area contributed by atoms with Gasteiger partial charge in [-0.25, -0.2) is 0 Å². The number of nitrogens with one attached hydrogen (secondary N) is 1. The van der Waals surface area contributed by atoms with Gasteiger partial charge in [0.2, 0.25) is 0 Å². The molecule has 0 amide bonds. The van der Waals surface area contributed by atoms with Gasteiger partial charge in [-0.15, -0.1) is 11.3 Å². The molecule has 0 saturated carbocycles. The van der Waals surface area contributed by atoms with Crippen molar-refractivity contribution in [1.82, 2.24) is 9.55 Å². The Morgan fingerprint density at radius 2 is 1.97 bits per heavy atom. The first-order chi connectivity index (χ1) is 14.7. The van der Waals surface area contributed by atoms with Crippen molar-refractivity contribution in [3.63, 3.8) is 0 Å². The molecule has 5 heteroatoms. The van der Waals surface area contributed by atoms with Crippen LogP contribution in [0.3, 0.4) is 0 Å². The maximum atomic E-state index is 12.8. The second-order valence-electron chi connectivity index (χ2n) is 8.68. The molecule has 1 saturated heterocycles. The molecule has 30 heavy (non-hydrogen) atoms. The average molecular weight is 415 g/mol. The summed E-state index contributed by atoms with van der Waals surface area (Å²) in [6.07, 6.45) is 3.07. The summed E-state index contributed by atoms with van der Waals surface area (Å²) in [4.78, 5) is 20.2. The third kappa shape index (κ3) is 3.09. The van der Waals surface area contributed by atoms with Gasteiger partial charge in [0.1, 0.15) is 6.54 Å². The van der Waals surface area contributed by atoms with Crippen molar-refractivity contribution in [3.05, 3.63) is 88.6 Å². The lowest BCUT2D eigenvalue weighted by atomic mass is 9.81. The number of nitrogens with zero attached hydrogens (tertiary/aromatic N) is 2. The van der Waals surface area contributed by atoms with Gasteiger partial charge >= 0.3 is 0 Å². The molecule has 150 valence electrons. The van der Waals surface area contributed by atoms with E-state index in [9.17, 15) is 4.79 Å². The molecule has 1 unspecified atom stereocenters. The van der Waals surface area contributed by atoms with Gasteiger partial charge in [0.05, 0.1) is 18.8 Å². The molecule has 6 rings (SSSR count). The molecule has 3 atom stereocenters. The molecule has 0 radical (unpaired) electrons. The molecule has 1 aromatic carbocycles. The van der Waals surface area contributed by atoms with E-state index < -0.39 is 0 Å². The van der Waals surface area contributed by atoms with E-state index in [2.05, 4.69) is 58.1 Å². The fourth-order valence-electron chi connectivity index (χ4n) is 5.46. The van der Waals surface area contributed by atoms with Gasteiger partial charge in [0.15, 0.2) is 0 Å². The van der Waals surface area contributed by atoms with E-state index in [1.165, 1.54) is 32.6 Å². The molecule has 2 aliphatic rings. The first kappa shape index (κ1) is 18.0. The summed E-state index contributed by atoms with van der Waals surface area (Å²) in [6.45, 7) is 3.98. The summed E-state index contributed by atoms with van der Waals surface area (Å²) in [5.74, 6) is 0.982. The second kappa shape index (κ2) is 7.18. The minimum Gasteiger partial charge on any atom is -0.329 e. The van der Waals surface area contributed by atoms with Crippen molar-refractivity contribution in [1.29, 1.82) is 0 Å². The van der Waals surface area contributed by atoms with Crippen molar-refractivity contribution in [2.45, 2.75) is 25.4 Å². The van der Waals surface area contributed by atoms with Crippen molar-refractivity contribution >= 4 is 21.4 Å². The molecule has 2 bridgehead atoms. The number of likely N-dealkylation sites (tertiary alicyclic amines) is 1. The largest absolute Gasteiger partial charge is 0.329 e. The van der Waals surface area contributed by atoms with Gasteiger partial charge in [-0.2, -0.15) is 0 Å². The Labute approximate surface area is 179 Å². The third-order valence-electron chi connectivity index (χ3n) is 6.63. The second-order valence-corrected chi connectivity index (χ2v) is 9.77. The van der Waals surface area contributed by atoms with E-state index >= 15 is 0 Å². The number of hydrogen-bond acceptors (Lipinski definition) is 3. The van der Waals surface area contributed by atoms with E-state index in [0.29, 0.717) is 11.8 Å². The van der Waals surface area contributed by atoms with Crippen LogP contribution in [0.2, 0.25) is 0 Å². The Hall–Kier alpha value is -2.76. The van der Waals surface area contributed by atoms with Crippen LogP contribution in [0.5, 0.6) is 0 Å². The van der Waals surface area contributed by atoms with Gasteiger partial charge in [-0.3, -0.25) is 9.78 Å². The SMILES string of the molecule is O=c1ccc(-c2cc3ccccc3s2)c2n1C[C@H]1C[C@@H]2C[NH+](Cc2ccccn2)C1. The Balaban J connectivity index is 1.40. The summed E-state index contributed by atoms with van der Waals surface area (Å²) in [5.41, 5.74) is 3.81. The Morgan fingerprint density at radius 1 is 1.07 bits per heavy atom. The molecule has 1 N–H and O–H groups in total. The minimum absolute atomic E-state index is 0.151. The Bertz CT molecular complexity index is 1240. The van der Waals surface area contributed by atoms with Gasteiger partial charge in [-0.05, 0) is 42.1 Å². The monoisotopic (exact) mass is 414 g/mol. The number of benzene rings is 1. The van der Waals surface area contributed by atoms with Gasteiger partial charge in [-0.1, -0.05) is 24.3 Å². The van der Waals surface area contributed by atoms with Gasteiger partial charge < -0.3 is 9.47 Å². The number of fused-ring (bicyclic) bond motifs is 5. The highest BCUT2D eigenvalue weighted by atomic mass is 32.1. The average Bonchev–Trinajstić information content (AvgIpc) is 3.19. The molecule has 2 aliphatic heterocycles. The van der Waals surface area contributed by atoms with Crippen molar-refractivity contribution in [2.75, 3.05) is 13.1 Å². The molecule has 4 nitrogen and oxygen atoms in total. The predicted molar refractivity (Wildman–Crippen MR) is 121 cm³/mol. The van der Waals surface area contributed by atoms with Crippen LogP contribution in [0.15, 0.2) is 71.7 Å². The molecule has 3 aromatic heterocycles. The van der Waals surface area contributed by atoms with Crippen LogP contribution >= 0.6 is 11.3 Å². The van der Waals surface area contributed by atoms with E-state index in [1.807, 2.05) is 23.6 Å². The summed E-state index contributed by atoms with van der Waals surface area (Å²) in [5, 5.41) is 1.28. The van der Waals surface area contributed by atoms with Crippen LogP contribution in [0, 0.1) is 5.92 Å². The van der Waals surface area contributed by atoms with E-state index in [4.69, 9.17) is 0 Å². The number of quaternary nitrogens is 1. The number of pyridine rings is 2. The molecule has 4 aromatic rings. The fourth-order valence-corrected chi connectivity index (χ4v) is 6.56. The summed E-state index contributed by atoms with van der Waals surface area (Å²) < 4.78 is 3.38. The molecule has 1 fully saturated rings. The zero-order chi connectivity index (χ0) is 20.1. The van der Waals surface area contributed by atoms with Crippen molar-refractivity contribution in [2.24, 2.45) is 5.92 Å². The third-order valence-corrected chi connectivity index (χ3v) is 7.78. The maximum absolute atomic E-state index is 12.8. The quantitative estimate of drug-likeness (QED) is 0.559. The number of aromatic nitrogens is 2. The van der Waals surface area contributed by atoms with Crippen LogP contribution in [0.4, 0.5) is 0 Å². The van der Waals surface area contributed by atoms with Crippen LogP contribution in [-0.2, 0) is 13.1 Å². The zero-order valence-electron chi connectivity index (χ0n) is 16.8. The fraction of sp³-hybridized carbons (Fsp3) is 0.280. The smallest absolute Gasteiger partial charge is 0.250 e. The number of rotatable bonds is 3. The molecular weight excluding hydrogens is 390 g/mol. The minimum atomic E-state index is 0.151. The first-order valence-electron chi connectivity index (χ1n) is 10.7. The highest BCUT2D eigenvalue weighted by molar-refractivity contribution is 7.22. The highest BCUT2D eigenvalue weighted by Gasteiger charge is 2.39. The number of hydrogen-bond donors (Lipinski definition) is 1. The first-order valence-corrected chi connectivity index (χ1v) is 11.5. The summed E-state index contributed by atoms with van der Waals surface area (Å²) in [7, 11) is 0. The van der Waals surface area contributed by atoms with Crippen molar-refractivity contribution < 1.29 is 4.90 Å². The maximum Gasteiger partial charge on any atom is 0.250 e. The van der Waals surface area contributed by atoms with E-state index in [0.717, 1.165) is 31.9 Å². The van der Waals surface area contributed by atoms with Crippen LogP contribution < -0.4 is 10.5 Å². The van der Waals surface area contributed by atoms with Gasteiger partial charge in [0.25, 0.3) is 5.56 Å². The molecular formula is C25H24N3OS+. The lowest BCUT2D eigenvalue weighted by Crippen LogP contribution is -3.13.